The number of phosphoric ester groups is 1. The highest BCUT2D eigenvalue weighted by atomic mass is 31.2. The zero-order chi connectivity index (χ0) is 51.7. The summed E-state index contributed by atoms with van der Waals surface area (Å²) in [6, 6.07) is 0. The number of phosphoric acid groups is 1. The average molecular weight is 1020 g/mol. The van der Waals surface area contributed by atoms with Crippen molar-refractivity contribution in [2.45, 2.75) is 277 Å². The first kappa shape index (κ1) is 68.5. The quantitative estimate of drug-likeness (QED) is 0.0264. The number of nitrogens with two attached hydrogens (primary N) is 1. The summed E-state index contributed by atoms with van der Waals surface area (Å²) < 4.78 is 33.0. The molecule has 0 amide bonds. The Morgan fingerprint density at radius 2 is 0.732 bits per heavy atom. The number of rotatable bonds is 55. The molecule has 0 rings (SSSR count). The van der Waals surface area contributed by atoms with Crippen LogP contribution in [0, 0.1) is 0 Å². The average Bonchev–Trinajstić information content (AvgIpc) is 3.36. The second-order valence-corrected chi connectivity index (χ2v) is 21.0. The van der Waals surface area contributed by atoms with Crippen LogP contribution in [-0.4, -0.2) is 49.3 Å². The van der Waals surface area contributed by atoms with E-state index >= 15 is 0 Å². The van der Waals surface area contributed by atoms with Crippen molar-refractivity contribution < 1.29 is 37.6 Å². The number of ether oxygens (including phenoxy) is 2. The molecule has 412 valence electrons. The Hall–Kier alpha value is -2.55. The minimum Gasteiger partial charge on any atom is -0.462 e. The standard InChI is InChI=1S/C61H110NO8P/c1-3-5-7-9-11-13-15-17-19-21-23-24-25-26-27-28-29-30-31-32-33-34-36-38-40-42-44-46-48-50-52-54-61(64)70-59(58-69-71(65,66)68-56-55-62)57-67-60(63)53-51-49-47-45-43-41-39-37-35-22-20-18-16-14-12-10-8-6-4-2/h12,14-15,17-18,20-21,23,25-26,35,37,59H,3-11,13,16,19,22,24,27-34,36,38-58,62H2,1-2H3,(H,65,66)/b14-12-,17-15-,20-18-,23-21-,26-25-,37-35-. The third kappa shape index (κ3) is 56.6. The Kier molecular flexibility index (Phi) is 54.7. The lowest BCUT2D eigenvalue weighted by Gasteiger charge is -2.19. The van der Waals surface area contributed by atoms with Crippen LogP contribution in [-0.2, 0) is 32.7 Å². The van der Waals surface area contributed by atoms with E-state index in [2.05, 4.69) is 86.8 Å². The number of hydrogen-bond acceptors (Lipinski definition) is 8. The summed E-state index contributed by atoms with van der Waals surface area (Å²) in [5.74, 6) is -0.838. The van der Waals surface area contributed by atoms with Gasteiger partial charge in [-0.2, -0.15) is 0 Å². The Morgan fingerprint density at radius 1 is 0.423 bits per heavy atom. The van der Waals surface area contributed by atoms with Gasteiger partial charge in [-0.3, -0.25) is 18.6 Å². The summed E-state index contributed by atoms with van der Waals surface area (Å²) in [5.41, 5.74) is 5.38. The topological polar surface area (TPSA) is 134 Å². The lowest BCUT2D eigenvalue weighted by Crippen LogP contribution is -2.29. The van der Waals surface area contributed by atoms with Crippen molar-refractivity contribution in [2.24, 2.45) is 5.73 Å². The fourth-order valence-corrected chi connectivity index (χ4v) is 8.95. The van der Waals surface area contributed by atoms with Crippen LogP contribution < -0.4 is 5.73 Å². The van der Waals surface area contributed by atoms with Gasteiger partial charge in [0.05, 0.1) is 13.2 Å². The second-order valence-electron chi connectivity index (χ2n) is 19.5. The Balaban J connectivity index is 3.95. The van der Waals surface area contributed by atoms with E-state index in [-0.39, 0.29) is 32.6 Å². The van der Waals surface area contributed by atoms with Crippen molar-refractivity contribution >= 4 is 19.8 Å². The van der Waals surface area contributed by atoms with Gasteiger partial charge in [0.2, 0.25) is 0 Å². The van der Waals surface area contributed by atoms with Gasteiger partial charge in [-0.05, 0) is 89.9 Å². The third-order valence-corrected chi connectivity index (χ3v) is 13.5. The van der Waals surface area contributed by atoms with E-state index in [0.29, 0.717) is 6.42 Å². The maximum Gasteiger partial charge on any atom is 0.472 e. The molecule has 0 aromatic carbocycles. The first-order valence-electron chi connectivity index (χ1n) is 29.4. The van der Waals surface area contributed by atoms with Crippen LogP contribution in [0.2, 0.25) is 0 Å². The van der Waals surface area contributed by atoms with Crippen LogP contribution in [0.1, 0.15) is 271 Å². The molecule has 0 aliphatic carbocycles. The van der Waals surface area contributed by atoms with Gasteiger partial charge in [0.25, 0.3) is 0 Å². The summed E-state index contributed by atoms with van der Waals surface area (Å²) in [6.07, 6.45) is 72.4. The largest absolute Gasteiger partial charge is 0.472 e. The van der Waals surface area contributed by atoms with E-state index in [0.717, 1.165) is 77.0 Å². The molecule has 0 radical (unpaired) electrons. The molecule has 0 aliphatic rings. The first-order valence-corrected chi connectivity index (χ1v) is 30.9. The highest BCUT2D eigenvalue weighted by Crippen LogP contribution is 2.43. The molecule has 2 atom stereocenters. The van der Waals surface area contributed by atoms with Crippen LogP contribution in [0.25, 0.3) is 0 Å². The maximum absolute atomic E-state index is 12.7. The number of esters is 2. The third-order valence-electron chi connectivity index (χ3n) is 12.6. The predicted molar refractivity (Wildman–Crippen MR) is 302 cm³/mol. The molecule has 0 aromatic rings. The normalized spacial score (nSPS) is 13.6. The lowest BCUT2D eigenvalue weighted by atomic mass is 10.0. The molecule has 9 nitrogen and oxygen atoms in total. The van der Waals surface area contributed by atoms with Crippen LogP contribution in [0.4, 0.5) is 0 Å². The van der Waals surface area contributed by atoms with E-state index in [1.807, 2.05) is 0 Å². The zero-order valence-electron chi connectivity index (χ0n) is 45.9. The lowest BCUT2D eigenvalue weighted by molar-refractivity contribution is -0.161. The van der Waals surface area contributed by atoms with Crippen LogP contribution in [0.15, 0.2) is 72.9 Å². The molecule has 3 N–H and O–H groups in total. The summed E-state index contributed by atoms with van der Waals surface area (Å²) in [7, 11) is -4.39. The SMILES string of the molecule is CCCCC/C=C\C/C=C\C/C=C\CCCCCCCCC(=O)OCC(COP(=O)(O)OCCN)OC(=O)CCCCCCCCCCCCCCCCCC/C=C\C/C=C\C/C=C\CCCCCCC. The molecule has 0 saturated carbocycles. The van der Waals surface area contributed by atoms with E-state index in [1.165, 1.54) is 161 Å². The maximum atomic E-state index is 12.7. The minimum atomic E-state index is -4.39. The van der Waals surface area contributed by atoms with Crippen LogP contribution in [0.5, 0.6) is 0 Å². The molecule has 0 bridgehead atoms. The van der Waals surface area contributed by atoms with Crippen molar-refractivity contribution in [3.05, 3.63) is 72.9 Å². The molecule has 0 spiro atoms. The number of carbonyl (C=O) groups is 2. The fraction of sp³-hybridized carbons (Fsp3) is 0.770. The predicted octanol–water partition coefficient (Wildman–Crippen LogP) is 18.5. The Morgan fingerprint density at radius 3 is 1.11 bits per heavy atom. The fourth-order valence-electron chi connectivity index (χ4n) is 8.18. The van der Waals surface area contributed by atoms with Gasteiger partial charge >= 0.3 is 19.8 Å². The summed E-state index contributed by atoms with van der Waals surface area (Å²) in [6.45, 7) is 3.71. The number of carbonyl (C=O) groups excluding carboxylic acids is 2. The van der Waals surface area contributed by atoms with E-state index in [4.69, 9.17) is 24.3 Å². The van der Waals surface area contributed by atoms with Gasteiger partial charge in [0.15, 0.2) is 6.10 Å². The molecule has 0 aliphatic heterocycles. The molecule has 2 unspecified atom stereocenters. The molecule has 10 heteroatoms. The number of allylic oxidation sites excluding steroid dienone is 12. The summed E-state index contributed by atoms with van der Waals surface area (Å²) in [4.78, 5) is 35.2. The molecule has 0 saturated heterocycles. The van der Waals surface area contributed by atoms with Gasteiger partial charge < -0.3 is 20.1 Å². The first-order chi connectivity index (χ1) is 34.8. The van der Waals surface area contributed by atoms with Gasteiger partial charge in [-0.15, -0.1) is 0 Å². The van der Waals surface area contributed by atoms with Crippen molar-refractivity contribution in [1.29, 1.82) is 0 Å². The Bertz CT molecular complexity index is 1390. The molecular weight excluding hydrogens is 906 g/mol. The molecule has 71 heavy (non-hydrogen) atoms. The number of unbranched alkanes of at least 4 members (excludes halogenated alkanes) is 30. The zero-order valence-corrected chi connectivity index (χ0v) is 46.8. The van der Waals surface area contributed by atoms with Crippen LogP contribution >= 0.6 is 7.82 Å². The van der Waals surface area contributed by atoms with Crippen molar-refractivity contribution in [2.75, 3.05) is 26.4 Å². The Labute approximate surface area is 437 Å². The molecule has 0 fully saturated rings. The van der Waals surface area contributed by atoms with E-state index < -0.39 is 32.5 Å². The highest BCUT2D eigenvalue weighted by molar-refractivity contribution is 7.47. The highest BCUT2D eigenvalue weighted by Gasteiger charge is 2.26. The van der Waals surface area contributed by atoms with Gasteiger partial charge in [-0.1, -0.05) is 241 Å². The van der Waals surface area contributed by atoms with Crippen molar-refractivity contribution in [3.63, 3.8) is 0 Å². The van der Waals surface area contributed by atoms with Crippen molar-refractivity contribution in [1.82, 2.24) is 0 Å². The second kappa shape index (κ2) is 56.7. The molecule has 0 heterocycles. The van der Waals surface area contributed by atoms with E-state index in [1.54, 1.807) is 0 Å². The smallest absolute Gasteiger partial charge is 0.462 e. The molecule has 0 aromatic heterocycles. The monoisotopic (exact) mass is 1020 g/mol. The van der Waals surface area contributed by atoms with Gasteiger partial charge in [0, 0.05) is 19.4 Å². The van der Waals surface area contributed by atoms with Gasteiger partial charge in [-0.25, -0.2) is 4.57 Å². The van der Waals surface area contributed by atoms with Crippen molar-refractivity contribution in [3.8, 4) is 0 Å². The van der Waals surface area contributed by atoms with Gasteiger partial charge in [0.1, 0.15) is 6.61 Å². The summed E-state index contributed by atoms with van der Waals surface area (Å²) in [5, 5.41) is 0. The number of hydrogen-bond donors (Lipinski definition) is 2. The van der Waals surface area contributed by atoms with E-state index in [9.17, 15) is 19.0 Å². The summed E-state index contributed by atoms with van der Waals surface area (Å²) >= 11 is 0. The minimum absolute atomic E-state index is 0.0494. The van der Waals surface area contributed by atoms with Crippen LogP contribution in [0.3, 0.4) is 0 Å². The molecular formula is C61H110NO8P.